The fourth-order valence-electron chi connectivity index (χ4n) is 3.95. The highest BCUT2D eigenvalue weighted by Crippen LogP contribution is 2.30. The van der Waals surface area contributed by atoms with Gasteiger partial charge in [0.15, 0.2) is 0 Å². The molecule has 0 aliphatic carbocycles. The topological polar surface area (TPSA) is 49.3 Å². The van der Waals surface area contributed by atoms with Crippen molar-refractivity contribution in [2.45, 2.75) is 45.1 Å². The quantitative estimate of drug-likeness (QED) is 0.839. The first kappa shape index (κ1) is 15.4. The number of piperidine rings is 2. The highest BCUT2D eigenvalue weighted by atomic mass is 16.2. The van der Waals surface area contributed by atoms with Crippen LogP contribution < -0.4 is 0 Å². The second-order valence-electron chi connectivity index (χ2n) is 6.70. The Morgan fingerprint density at radius 3 is 2.64 bits per heavy atom. The largest absolute Gasteiger partial charge is 0.339 e. The molecule has 0 unspecified atom stereocenters. The van der Waals surface area contributed by atoms with Crippen LogP contribution in [-0.4, -0.2) is 58.4 Å². The minimum atomic E-state index is 0.0912. The van der Waals surface area contributed by atoms with Crippen LogP contribution in [0.2, 0.25) is 0 Å². The van der Waals surface area contributed by atoms with E-state index in [1.165, 1.54) is 32.1 Å². The molecule has 0 spiro atoms. The number of likely N-dealkylation sites (tertiary alicyclic amines) is 2. The minimum Gasteiger partial charge on any atom is -0.339 e. The molecule has 3 rings (SSSR count). The van der Waals surface area contributed by atoms with Gasteiger partial charge in [-0.2, -0.15) is 0 Å². The van der Waals surface area contributed by atoms with Crippen LogP contribution in [0.3, 0.4) is 0 Å². The third-order valence-corrected chi connectivity index (χ3v) is 5.34. The maximum Gasteiger partial charge on any atom is 0.257 e. The molecule has 5 heteroatoms. The summed E-state index contributed by atoms with van der Waals surface area (Å²) in [7, 11) is 2.26. The zero-order chi connectivity index (χ0) is 15.5. The van der Waals surface area contributed by atoms with E-state index in [1.54, 1.807) is 6.20 Å². The lowest BCUT2D eigenvalue weighted by Crippen LogP contribution is -2.47. The normalized spacial score (nSPS) is 24.5. The summed E-state index contributed by atoms with van der Waals surface area (Å²) in [6.45, 7) is 4.83. The Labute approximate surface area is 132 Å². The number of amides is 1. The van der Waals surface area contributed by atoms with Crippen molar-refractivity contribution >= 4 is 5.91 Å². The van der Waals surface area contributed by atoms with E-state index in [2.05, 4.69) is 21.9 Å². The lowest BCUT2D eigenvalue weighted by molar-refractivity contribution is 0.0553. The summed E-state index contributed by atoms with van der Waals surface area (Å²) < 4.78 is 0. The van der Waals surface area contributed by atoms with E-state index in [1.807, 2.05) is 11.8 Å². The van der Waals surface area contributed by atoms with Crippen LogP contribution in [0.4, 0.5) is 0 Å². The summed E-state index contributed by atoms with van der Waals surface area (Å²) >= 11 is 0. The molecule has 1 aromatic rings. The third-order valence-electron chi connectivity index (χ3n) is 5.34. The van der Waals surface area contributed by atoms with Gasteiger partial charge < -0.3 is 9.80 Å². The first-order valence-electron chi connectivity index (χ1n) is 8.43. The molecule has 3 heterocycles. The standard InChI is InChI=1S/C17H26N4O/c1-13-15(11-18-12-19-13)17(22)21-9-6-14(7-10-21)16-5-3-4-8-20(16)2/h11-12,14,16H,3-10H2,1-2H3/t16-/m0/s1. The maximum absolute atomic E-state index is 12.6. The molecule has 2 saturated heterocycles. The first-order chi connectivity index (χ1) is 10.7. The molecule has 5 nitrogen and oxygen atoms in total. The summed E-state index contributed by atoms with van der Waals surface area (Å²) in [6, 6.07) is 0.716. The Morgan fingerprint density at radius 2 is 1.95 bits per heavy atom. The van der Waals surface area contributed by atoms with Gasteiger partial charge in [-0.15, -0.1) is 0 Å². The van der Waals surface area contributed by atoms with Gasteiger partial charge in [-0.3, -0.25) is 4.79 Å². The van der Waals surface area contributed by atoms with Crippen molar-refractivity contribution in [1.29, 1.82) is 0 Å². The van der Waals surface area contributed by atoms with Gasteiger partial charge in [-0.1, -0.05) is 6.42 Å². The molecule has 0 N–H and O–H groups in total. The summed E-state index contributed by atoms with van der Waals surface area (Å²) in [6.07, 6.45) is 9.39. The van der Waals surface area contributed by atoms with E-state index in [0.29, 0.717) is 11.6 Å². The molecule has 2 aliphatic rings. The van der Waals surface area contributed by atoms with Gasteiger partial charge in [0.25, 0.3) is 5.91 Å². The van der Waals surface area contributed by atoms with E-state index in [-0.39, 0.29) is 5.91 Å². The number of rotatable bonds is 2. The number of carbonyl (C=O) groups is 1. The Hall–Kier alpha value is -1.49. The Balaban J connectivity index is 1.60. The SMILES string of the molecule is Cc1ncncc1C(=O)N1CCC([C@@H]2CCCCN2C)CC1. The number of carbonyl (C=O) groups excluding carboxylic acids is 1. The smallest absolute Gasteiger partial charge is 0.257 e. The summed E-state index contributed by atoms with van der Waals surface area (Å²) in [4.78, 5) is 25.2. The molecule has 0 saturated carbocycles. The van der Waals surface area contributed by atoms with Gasteiger partial charge in [0.05, 0.1) is 11.3 Å². The second kappa shape index (κ2) is 6.73. The highest BCUT2D eigenvalue weighted by molar-refractivity contribution is 5.94. The molecular formula is C17H26N4O. The van der Waals surface area contributed by atoms with Crippen molar-refractivity contribution in [3.63, 3.8) is 0 Å². The van der Waals surface area contributed by atoms with E-state index < -0.39 is 0 Å². The van der Waals surface area contributed by atoms with Crippen LogP contribution in [-0.2, 0) is 0 Å². The molecule has 120 valence electrons. The van der Waals surface area contributed by atoms with Crippen LogP contribution in [0, 0.1) is 12.8 Å². The highest BCUT2D eigenvalue weighted by Gasteiger charge is 2.32. The molecule has 1 amide bonds. The fraction of sp³-hybridized carbons (Fsp3) is 0.706. The Morgan fingerprint density at radius 1 is 1.18 bits per heavy atom. The molecule has 0 aromatic carbocycles. The minimum absolute atomic E-state index is 0.0912. The fourth-order valence-corrected chi connectivity index (χ4v) is 3.95. The van der Waals surface area contributed by atoms with E-state index in [9.17, 15) is 4.79 Å². The molecular weight excluding hydrogens is 276 g/mol. The van der Waals surface area contributed by atoms with Crippen molar-refractivity contribution in [2.75, 3.05) is 26.7 Å². The lowest BCUT2D eigenvalue weighted by atomic mass is 9.84. The third kappa shape index (κ3) is 3.14. The average Bonchev–Trinajstić information content (AvgIpc) is 2.55. The second-order valence-corrected chi connectivity index (χ2v) is 6.70. The lowest BCUT2D eigenvalue weighted by Gasteiger charge is -2.42. The maximum atomic E-state index is 12.6. The molecule has 22 heavy (non-hydrogen) atoms. The predicted molar refractivity (Wildman–Crippen MR) is 85.7 cm³/mol. The van der Waals surface area contributed by atoms with Crippen LogP contribution >= 0.6 is 0 Å². The zero-order valence-corrected chi connectivity index (χ0v) is 13.7. The molecule has 2 fully saturated rings. The van der Waals surface area contributed by atoms with Crippen molar-refractivity contribution in [2.24, 2.45) is 5.92 Å². The summed E-state index contributed by atoms with van der Waals surface area (Å²) in [5.74, 6) is 0.830. The monoisotopic (exact) mass is 302 g/mol. The van der Waals surface area contributed by atoms with Gasteiger partial charge in [-0.25, -0.2) is 9.97 Å². The molecule has 1 atom stereocenters. The van der Waals surface area contributed by atoms with Gasteiger partial charge in [0.1, 0.15) is 6.33 Å². The number of hydrogen-bond acceptors (Lipinski definition) is 4. The van der Waals surface area contributed by atoms with Crippen molar-refractivity contribution in [3.8, 4) is 0 Å². The van der Waals surface area contributed by atoms with Gasteiger partial charge in [-0.05, 0) is 52.1 Å². The zero-order valence-electron chi connectivity index (χ0n) is 13.7. The number of aryl methyl sites for hydroxylation is 1. The summed E-state index contributed by atoms with van der Waals surface area (Å²) in [5, 5.41) is 0. The van der Waals surface area contributed by atoms with E-state index in [0.717, 1.165) is 37.5 Å². The predicted octanol–water partition coefficient (Wildman–Crippen LogP) is 2.12. The summed E-state index contributed by atoms with van der Waals surface area (Å²) in [5.41, 5.74) is 1.42. The number of nitrogens with zero attached hydrogens (tertiary/aromatic N) is 4. The number of aromatic nitrogens is 2. The van der Waals surface area contributed by atoms with Gasteiger partial charge >= 0.3 is 0 Å². The Kier molecular flexibility index (Phi) is 4.71. The van der Waals surface area contributed by atoms with Gasteiger partial charge in [0.2, 0.25) is 0 Å². The van der Waals surface area contributed by atoms with Gasteiger partial charge in [0, 0.05) is 25.3 Å². The van der Waals surface area contributed by atoms with Crippen LogP contribution in [0.15, 0.2) is 12.5 Å². The van der Waals surface area contributed by atoms with Crippen LogP contribution in [0.25, 0.3) is 0 Å². The van der Waals surface area contributed by atoms with Crippen molar-refractivity contribution < 1.29 is 4.79 Å². The average molecular weight is 302 g/mol. The van der Waals surface area contributed by atoms with E-state index in [4.69, 9.17) is 0 Å². The molecule has 0 radical (unpaired) electrons. The number of hydrogen-bond donors (Lipinski definition) is 0. The van der Waals surface area contributed by atoms with E-state index >= 15 is 0 Å². The molecule has 0 bridgehead atoms. The molecule has 1 aromatic heterocycles. The molecule has 2 aliphatic heterocycles. The van der Waals surface area contributed by atoms with Crippen LogP contribution in [0.5, 0.6) is 0 Å². The van der Waals surface area contributed by atoms with Crippen molar-refractivity contribution in [3.05, 3.63) is 23.8 Å². The van der Waals surface area contributed by atoms with Crippen LogP contribution in [0.1, 0.15) is 48.2 Å². The van der Waals surface area contributed by atoms with Crippen molar-refractivity contribution in [1.82, 2.24) is 19.8 Å². The Bertz CT molecular complexity index is 525. The first-order valence-corrected chi connectivity index (χ1v) is 8.43.